The second-order valence-corrected chi connectivity index (χ2v) is 6.52. The number of ether oxygens (including phenoxy) is 1. The fraction of sp³-hybridized carbons (Fsp3) is 0.368. The molecule has 1 aromatic carbocycles. The van der Waals surface area contributed by atoms with E-state index in [-0.39, 0.29) is 31.7 Å². The van der Waals surface area contributed by atoms with Crippen LogP contribution in [0, 0.1) is 0 Å². The van der Waals surface area contributed by atoms with Crippen LogP contribution in [0.3, 0.4) is 0 Å². The molecule has 0 aliphatic rings. The Kier molecular flexibility index (Phi) is 10.5. The van der Waals surface area contributed by atoms with Crippen LogP contribution in [0.15, 0.2) is 16.6 Å². The first kappa shape index (κ1) is 24.7. The van der Waals surface area contributed by atoms with Crippen LogP contribution >= 0.6 is 15.9 Å². The summed E-state index contributed by atoms with van der Waals surface area (Å²) in [6.45, 7) is 2.32. The van der Waals surface area contributed by atoms with Crippen molar-refractivity contribution in [3.63, 3.8) is 0 Å². The van der Waals surface area contributed by atoms with Crippen molar-refractivity contribution in [3.05, 3.63) is 44.7 Å². The molecule has 10 heteroatoms. The Bertz CT molecular complexity index is 874. The first-order valence-electron chi connectivity index (χ1n) is 8.60. The number of rotatable bonds is 8. The molecule has 0 bridgehead atoms. The normalized spacial score (nSPS) is 10.1. The van der Waals surface area contributed by atoms with Crippen LogP contribution in [0.25, 0.3) is 11.1 Å². The summed E-state index contributed by atoms with van der Waals surface area (Å²) in [5.41, 5.74) is 3.93. The molecule has 0 aliphatic carbocycles. The van der Waals surface area contributed by atoms with E-state index >= 15 is 0 Å². The van der Waals surface area contributed by atoms with Crippen molar-refractivity contribution >= 4 is 28.1 Å². The van der Waals surface area contributed by atoms with E-state index in [1.54, 1.807) is 12.1 Å². The summed E-state index contributed by atoms with van der Waals surface area (Å²) in [5.74, 6) is -0.513. The highest BCUT2D eigenvalue weighted by atomic mass is 79.9. The van der Waals surface area contributed by atoms with Gasteiger partial charge in [-0.1, -0.05) is 19.1 Å². The van der Waals surface area contributed by atoms with Gasteiger partial charge in [0.05, 0.1) is 31.4 Å². The van der Waals surface area contributed by atoms with Crippen LogP contribution in [0.1, 0.15) is 39.8 Å². The summed E-state index contributed by atoms with van der Waals surface area (Å²) >= 11 is 3.46. The summed E-state index contributed by atoms with van der Waals surface area (Å²) < 4.78 is 5.34. The zero-order valence-corrected chi connectivity index (χ0v) is 17.6. The lowest BCUT2D eigenvalue weighted by atomic mass is 9.92. The summed E-state index contributed by atoms with van der Waals surface area (Å²) in [7, 11) is 1.30. The van der Waals surface area contributed by atoms with Crippen molar-refractivity contribution in [3.8, 4) is 11.1 Å². The minimum Gasteiger partial charge on any atom is -0.464 e. The average Bonchev–Trinajstić information content (AvgIpc) is 3.06. The van der Waals surface area contributed by atoms with E-state index in [1.165, 1.54) is 7.11 Å². The minimum atomic E-state index is -0.513. The van der Waals surface area contributed by atoms with Crippen molar-refractivity contribution in [2.75, 3.05) is 13.7 Å². The maximum Gasteiger partial charge on any atom is 0.373 e. The lowest BCUT2D eigenvalue weighted by molar-refractivity contribution is -0.191. The number of aromatic nitrogens is 1. The number of aliphatic hydroxyl groups excluding tert-OH is 3. The van der Waals surface area contributed by atoms with E-state index in [1.807, 2.05) is 6.92 Å². The Balaban J connectivity index is 0.00000132. The predicted molar refractivity (Wildman–Crippen MR) is 105 cm³/mol. The minimum absolute atomic E-state index is 0.241. The standard InChI is InChI=1S/C18H23BrN2O5.CO2/c1-3-20-6-14-15(16(19)17(21-14)18(25)26-2)11-5-4-10(7-22)12(8-23)13(11)9-24;2-1-3/h4-5,20-24H,3,6-9H2,1-2H3;. The molecule has 0 unspecified atom stereocenters. The number of esters is 1. The van der Waals surface area contributed by atoms with Gasteiger partial charge < -0.3 is 30.4 Å². The van der Waals surface area contributed by atoms with E-state index in [0.29, 0.717) is 38.8 Å². The lowest BCUT2D eigenvalue weighted by Gasteiger charge is -2.16. The number of nitrogens with one attached hydrogen (secondary N) is 2. The fourth-order valence-corrected chi connectivity index (χ4v) is 3.65. The second kappa shape index (κ2) is 12.3. The Labute approximate surface area is 175 Å². The van der Waals surface area contributed by atoms with Gasteiger partial charge in [-0.3, -0.25) is 0 Å². The van der Waals surface area contributed by atoms with Crippen LogP contribution < -0.4 is 5.32 Å². The van der Waals surface area contributed by atoms with Gasteiger partial charge in [0.1, 0.15) is 5.69 Å². The van der Waals surface area contributed by atoms with Crippen molar-refractivity contribution in [1.82, 2.24) is 10.3 Å². The Hall–Kier alpha value is -2.33. The van der Waals surface area contributed by atoms with Crippen LogP contribution in [0.5, 0.6) is 0 Å². The molecule has 9 nitrogen and oxygen atoms in total. The largest absolute Gasteiger partial charge is 0.464 e. The smallest absolute Gasteiger partial charge is 0.373 e. The molecular weight excluding hydrogens is 448 g/mol. The molecule has 2 rings (SSSR count). The topological polar surface area (TPSA) is 149 Å². The monoisotopic (exact) mass is 470 g/mol. The molecule has 0 atom stereocenters. The Morgan fingerprint density at radius 3 is 2.28 bits per heavy atom. The maximum atomic E-state index is 12.1. The number of carbonyl (C=O) groups excluding carboxylic acids is 3. The summed E-state index contributed by atoms with van der Waals surface area (Å²) in [5, 5.41) is 32.3. The molecule has 158 valence electrons. The number of benzene rings is 1. The molecule has 0 aliphatic heterocycles. The van der Waals surface area contributed by atoms with E-state index < -0.39 is 5.97 Å². The van der Waals surface area contributed by atoms with Gasteiger partial charge in [-0.15, -0.1) is 0 Å². The number of carbonyl (C=O) groups is 1. The zero-order valence-electron chi connectivity index (χ0n) is 16.0. The molecule has 5 N–H and O–H groups in total. The van der Waals surface area contributed by atoms with Gasteiger partial charge in [-0.2, -0.15) is 9.59 Å². The molecule has 29 heavy (non-hydrogen) atoms. The van der Waals surface area contributed by atoms with Crippen LogP contribution in [0.2, 0.25) is 0 Å². The lowest BCUT2D eigenvalue weighted by Crippen LogP contribution is -2.13. The quantitative estimate of drug-likeness (QED) is 0.361. The number of hydrogen-bond acceptors (Lipinski definition) is 8. The van der Waals surface area contributed by atoms with Gasteiger partial charge in [0.25, 0.3) is 0 Å². The maximum absolute atomic E-state index is 12.1. The van der Waals surface area contributed by atoms with Crippen molar-refractivity contribution in [2.45, 2.75) is 33.3 Å². The van der Waals surface area contributed by atoms with E-state index in [2.05, 4.69) is 26.2 Å². The van der Waals surface area contributed by atoms with Crippen molar-refractivity contribution in [2.24, 2.45) is 0 Å². The molecule has 0 amide bonds. The first-order valence-corrected chi connectivity index (χ1v) is 9.39. The van der Waals surface area contributed by atoms with Gasteiger partial charge in [0.15, 0.2) is 0 Å². The van der Waals surface area contributed by atoms with Crippen molar-refractivity contribution in [1.29, 1.82) is 0 Å². The second-order valence-electron chi connectivity index (χ2n) is 5.73. The first-order chi connectivity index (χ1) is 13.9. The number of aliphatic hydroxyl groups is 3. The van der Waals surface area contributed by atoms with Gasteiger partial charge in [0, 0.05) is 17.8 Å². The number of aromatic amines is 1. The van der Waals surface area contributed by atoms with Crippen LogP contribution in [-0.4, -0.2) is 46.1 Å². The number of H-pyrrole nitrogens is 1. The van der Waals surface area contributed by atoms with Gasteiger partial charge in [-0.25, -0.2) is 4.79 Å². The number of methoxy groups -OCH3 is 1. The van der Waals surface area contributed by atoms with Gasteiger partial charge in [0.2, 0.25) is 0 Å². The average molecular weight is 471 g/mol. The third-order valence-electron chi connectivity index (χ3n) is 4.24. The molecule has 0 radical (unpaired) electrons. The summed E-state index contributed by atoms with van der Waals surface area (Å²) in [6, 6.07) is 3.47. The highest BCUT2D eigenvalue weighted by molar-refractivity contribution is 9.10. The van der Waals surface area contributed by atoms with Gasteiger partial charge in [-0.05, 0) is 44.7 Å². The van der Waals surface area contributed by atoms with E-state index in [4.69, 9.17) is 14.3 Å². The molecule has 0 spiro atoms. The molecule has 0 saturated carbocycles. The zero-order chi connectivity index (χ0) is 22.0. The number of halogens is 1. The van der Waals surface area contributed by atoms with Gasteiger partial charge >= 0.3 is 12.1 Å². The highest BCUT2D eigenvalue weighted by Crippen LogP contribution is 2.39. The predicted octanol–water partition coefficient (Wildman–Crippen LogP) is 1.23. The Morgan fingerprint density at radius 1 is 1.17 bits per heavy atom. The summed E-state index contributed by atoms with van der Waals surface area (Å²) in [4.78, 5) is 31.4. The SMILES string of the molecule is CCNCc1[nH]c(C(=O)OC)c(Br)c1-c1ccc(CO)c(CO)c1CO.O=C=O. The molecule has 1 heterocycles. The van der Waals surface area contributed by atoms with Crippen molar-refractivity contribution < 1.29 is 34.4 Å². The fourth-order valence-electron chi connectivity index (χ4n) is 2.93. The third kappa shape index (κ3) is 5.60. The number of hydrogen-bond donors (Lipinski definition) is 5. The van der Waals surface area contributed by atoms with E-state index in [0.717, 1.165) is 12.2 Å². The molecule has 2 aromatic rings. The summed E-state index contributed by atoms with van der Waals surface area (Å²) in [6.07, 6.45) is 0.250. The van der Waals surface area contributed by atoms with E-state index in [9.17, 15) is 20.1 Å². The van der Waals surface area contributed by atoms with Crippen LogP contribution in [-0.2, 0) is 40.7 Å². The third-order valence-corrected chi connectivity index (χ3v) is 5.04. The molecular formula is C19H23BrN2O7. The molecule has 0 fully saturated rings. The molecule has 0 saturated heterocycles. The Morgan fingerprint density at radius 2 is 1.79 bits per heavy atom. The highest BCUT2D eigenvalue weighted by Gasteiger charge is 2.24. The van der Waals surface area contributed by atoms with Crippen LogP contribution in [0.4, 0.5) is 0 Å². The molecule has 1 aromatic heterocycles.